The van der Waals surface area contributed by atoms with Gasteiger partial charge in [0.05, 0.1) is 0 Å². The molecule has 1 amide bonds. The predicted molar refractivity (Wildman–Crippen MR) is 79.9 cm³/mol. The molecule has 0 aliphatic rings. The number of hydrogen-bond donors (Lipinski definition) is 1. The predicted octanol–water partition coefficient (Wildman–Crippen LogP) is 3.94. The highest BCUT2D eigenvalue weighted by Gasteiger charge is 2.05. The highest BCUT2D eigenvalue weighted by molar-refractivity contribution is 9.10. The molecule has 2 aromatic rings. The minimum absolute atomic E-state index is 0.119. The van der Waals surface area contributed by atoms with Gasteiger partial charge in [0.1, 0.15) is 11.6 Å². The molecule has 0 saturated carbocycles. The topological polar surface area (TPSA) is 42.0 Å². The van der Waals surface area contributed by atoms with E-state index in [1.165, 1.54) is 6.07 Å². The summed E-state index contributed by atoms with van der Waals surface area (Å²) in [6.45, 7) is 0. The lowest BCUT2D eigenvalue weighted by Gasteiger charge is -2.05. The van der Waals surface area contributed by atoms with Crippen molar-refractivity contribution in [2.45, 2.75) is 19.3 Å². The van der Waals surface area contributed by atoms with E-state index in [0.717, 1.165) is 4.47 Å². The molecule has 5 heteroatoms. The molecule has 0 saturated heterocycles. The van der Waals surface area contributed by atoms with Crippen LogP contribution in [0.1, 0.15) is 18.4 Å². The third-order valence-corrected chi connectivity index (χ3v) is 3.29. The fourth-order valence-electron chi connectivity index (χ4n) is 1.82. The average molecular weight is 337 g/mol. The van der Waals surface area contributed by atoms with Gasteiger partial charge in [-0.15, -0.1) is 0 Å². The first-order chi connectivity index (χ1) is 9.65. The minimum atomic E-state index is -0.221. The van der Waals surface area contributed by atoms with Gasteiger partial charge in [-0.2, -0.15) is 0 Å². The number of amides is 1. The number of carbonyl (C=O) groups excluding carboxylic acids is 1. The summed E-state index contributed by atoms with van der Waals surface area (Å²) in [5.41, 5.74) is 0.640. The second-order valence-electron chi connectivity index (χ2n) is 4.35. The number of carbonyl (C=O) groups is 1. The molecule has 0 spiro atoms. The van der Waals surface area contributed by atoms with Crippen LogP contribution >= 0.6 is 15.9 Å². The van der Waals surface area contributed by atoms with Crippen molar-refractivity contribution in [2.75, 3.05) is 5.32 Å². The SMILES string of the molecule is O=C(CCCc1ccccc1F)Nc1cc(Br)ccn1. The maximum absolute atomic E-state index is 13.4. The summed E-state index contributed by atoms with van der Waals surface area (Å²) in [5.74, 6) is 0.170. The van der Waals surface area contributed by atoms with Gasteiger partial charge in [0, 0.05) is 17.1 Å². The van der Waals surface area contributed by atoms with E-state index in [0.29, 0.717) is 30.6 Å². The number of nitrogens with zero attached hydrogens (tertiary/aromatic N) is 1. The Bertz CT molecular complexity index is 604. The quantitative estimate of drug-likeness (QED) is 0.898. The zero-order chi connectivity index (χ0) is 14.4. The molecule has 0 fully saturated rings. The monoisotopic (exact) mass is 336 g/mol. The molecule has 0 radical (unpaired) electrons. The van der Waals surface area contributed by atoms with Crippen LogP contribution in [0.3, 0.4) is 0 Å². The summed E-state index contributed by atoms with van der Waals surface area (Å²) in [7, 11) is 0. The number of nitrogens with one attached hydrogen (secondary N) is 1. The molecule has 0 atom stereocenters. The van der Waals surface area contributed by atoms with E-state index in [2.05, 4.69) is 26.2 Å². The Hall–Kier alpha value is -1.75. The summed E-state index contributed by atoms with van der Waals surface area (Å²) in [5, 5.41) is 2.71. The Kier molecular flexibility index (Phi) is 5.24. The first-order valence-corrected chi connectivity index (χ1v) is 7.09. The van der Waals surface area contributed by atoms with Gasteiger partial charge in [0.15, 0.2) is 0 Å². The second-order valence-corrected chi connectivity index (χ2v) is 5.27. The molecule has 3 nitrogen and oxygen atoms in total. The lowest BCUT2D eigenvalue weighted by atomic mass is 10.1. The maximum Gasteiger partial charge on any atom is 0.225 e. The summed E-state index contributed by atoms with van der Waals surface area (Å²) in [6, 6.07) is 10.1. The molecule has 1 N–H and O–H groups in total. The lowest BCUT2D eigenvalue weighted by molar-refractivity contribution is -0.116. The van der Waals surface area contributed by atoms with Crippen LogP contribution in [0.5, 0.6) is 0 Å². The van der Waals surface area contributed by atoms with Crippen LogP contribution < -0.4 is 5.32 Å². The number of rotatable bonds is 5. The van der Waals surface area contributed by atoms with E-state index in [1.54, 1.807) is 36.5 Å². The Morgan fingerprint density at radius 3 is 2.85 bits per heavy atom. The molecule has 1 heterocycles. The molecule has 1 aromatic heterocycles. The normalized spacial score (nSPS) is 10.3. The first-order valence-electron chi connectivity index (χ1n) is 6.30. The second kappa shape index (κ2) is 7.14. The van der Waals surface area contributed by atoms with Crippen LogP contribution in [0.25, 0.3) is 0 Å². The fraction of sp³-hybridized carbons (Fsp3) is 0.200. The van der Waals surface area contributed by atoms with Gasteiger partial charge in [0.2, 0.25) is 5.91 Å². The van der Waals surface area contributed by atoms with E-state index < -0.39 is 0 Å². The number of benzene rings is 1. The first kappa shape index (κ1) is 14.7. The number of halogens is 2. The van der Waals surface area contributed by atoms with E-state index >= 15 is 0 Å². The number of pyridine rings is 1. The van der Waals surface area contributed by atoms with Crippen molar-refractivity contribution < 1.29 is 9.18 Å². The number of anilines is 1. The van der Waals surface area contributed by atoms with Gasteiger partial charge in [-0.3, -0.25) is 4.79 Å². The van der Waals surface area contributed by atoms with Gasteiger partial charge in [0.25, 0.3) is 0 Å². The highest BCUT2D eigenvalue weighted by atomic mass is 79.9. The molecule has 104 valence electrons. The smallest absolute Gasteiger partial charge is 0.225 e. The van der Waals surface area contributed by atoms with Crippen molar-refractivity contribution in [3.8, 4) is 0 Å². The van der Waals surface area contributed by atoms with Gasteiger partial charge in [-0.05, 0) is 36.6 Å². The van der Waals surface area contributed by atoms with Crippen LogP contribution in [-0.2, 0) is 11.2 Å². The van der Waals surface area contributed by atoms with E-state index in [9.17, 15) is 9.18 Å². The van der Waals surface area contributed by atoms with Crippen LogP contribution in [0.2, 0.25) is 0 Å². The van der Waals surface area contributed by atoms with Crippen LogP contribution in [0.15, 0.2) is 47.1 Å². The van der Waals surface area contributed by atoms with Crippen molar-refractivity contribution in [3.05, 3.63) is 58.4 Å². The molecule has 0 unspecified atom stereocenters. The Morgan fingerprint density at radius 1 is 1.30 bits per heavy atom. The standard InChI is InChI=1S/C15H14BrFN2O/c16-12-8-9-18-14(10-12)19-15(20)7-3-5-11-4-1-2-6-13(11)17/h1-2,4,6,8-10H,3,5,7H2,(H,18,19,20). The zero-order valence-electron chi connectivity index (χ0n) is 10.8. The largest absolute Gasteiger partial charge is 0.311 e. The molecule has 0 aliphatic heterocycles. The molecule has 20 heavy (non-hydrogen) atoms. The van der Waals surface area contributed by atoms with Gasteiger partial charge >= 0.3 is 0 Å². The molecule has 0 bridgehead atoms. The third kappa shape index (κ3) is 4.42. The Morgan fingerprint density at radius 2 is 2.10 bits per heavy atom. The van der Waals surface area contributed by atoms with E-state index in [1.807, 2.05) is 0 Å². The number of hydrogen-bond acceptors (Lipinski definition) is 2. The summed E-state index contributed by atoms with van der Waals surface area (Å²) in [4.78, 5) is 15.8. The molecular weight excluding hydrogens is 323 g/mol. The number of aromatic nitrogens is 1. The molecule has 2 rings (SSSR count). The van der Waals surface area contributed by atoms with Crippen LogP contribution in [0, 0.1) is 5.82 Å². The Balaban J connectivity index is 1.80. The van der Waals surface area contributed by atoms with E-state index in [-0.39, 0.29) is 11.7 Å². The van der Waals surface area contributed by atoms with E-state index in [4.69, 9.17) is 0 Å². The lowest BCUT2D eigenvalue weighted by Crippen LogP contribution is -2.12. The van der Waals surface area contributed by atoms with Gasteiger partial charge in [-0.1, -0.05) is 34.1 Å². The average Bonchev–Trinajstić information content (AvgIpc) is 2.41. The van der Waals surface area contributed by atoms with Crippen molar-refractivity contribution in [1.29, 1.82) is 0 Å². The summed E-state index contributed by atoms with van der Waals surface area (Å²) >= 11 is 3.31. The van der Waals surface area contributed by atoms with Crippen molar-refractivity contribution in [3.63, 3.8) is 0 Å². The van der Waals surface area contributed by atoms with Gasteiger partial charge in [-0.25, -0.2) is 9.37 Å². The minimum Gasteiger partial charge on any atom is -0.311 e. The van der Waals surface area contributed by atoms with Crippen LogP contribution in [-0.4, -0.2) is 10.9 Å². The molecular formula is C15H14BrFN2O. The third-order valence-electron chi connectivity index (χ3n) is 2.80. The maximum atomic E-state index is 13.4. The highest BCUT2D eigenvalue weighted by Crippen LogP contribution is 2.14. The van der Waals surface area contributed by atoms with Gasteiger partial charge < -0.3 is 5.32 Å². The van der Waals surface area contributed by atoms with Crippen molar-refractivity contribution in [2.24, 2.45) is 0 Å². The Labute approximate surface area is 125 Å². The molecule has 1 aromatic carbocycles. The zero-order valence-corrected chi connectivity index (χ0v) is 12.4. The van der Waals surface area contributed by atoms with Crippen molar-refractivity contribution in [1.82, 2.24) is 4.98 Å². The van der Waals surface area contributed by atoms with Crippen molar-refractivity contribution >= 4 is 27.7 Å². The van der Waals surface area contributed by atoms with Crippen LogP contribution in [0.4, 0.5) is 10.2 Å². The summed E-state index contributed by atoms with van der Waals surface area (Å²) in [6.07, 6.45) is 3.09. The number of aryl methyl sites for hydroxylation is 1. The summed E-state index contributed by atoms with van der Waals surface area (Å²) < 4.78 is 14.2. The molecule has 0 aliphatic carbocycles. The fourth-order valence-corrected chi connectivity index (χ4v) is 2.15.